The first-order valence-corrected chi connectivity index (χ1v) is 3.12. The van der Waals surface area contributed by atoms with E-state index >= 15 is 0 Å². The van der Waals surface area contributed by atoms with E-state index in [1.807, 2.05) is 0 Å². The zero-order valence-corrected chi connectivity index (χ0v) is 6.11. The molecule has 0 amide bonds. The first-order chi connectivity index (χ1) is 5.54. The van der Waals surface area contributed by atoms with Crippen molar-refractivity contribution >= 4 is 0 Å². The molecule has 1 nitrogen and oxygen atoms in total. The lowest BCUT2D eigenvalue weighted by atomic mass is 10.2. The van der Waals surface area contributed by atoms with Crippen molar-refractivity contribution in [2.75, 3.05) is 0 Å². The minimum absolute atomic E-state index is 0.479. The van der Waals surface area contributed by atoms with Gasteiger partial charge in [-0.25, -0.2) is 18.2 Å². The summed E-state index contributed by atoms with van der Waals surface area (Å²) in [6, 6.07) is 0. The summed E-state index contributed by atoms with van der Waals surface area (Å²) in [4.78, 5) is 2.97. The molecular formula is C7H5F4N. The highest BCUT2D eigenvalue weighted by atomic mass is 19.3. The van der Waals surface area contributed by atoms with Crippen molar-refractivity contribution in [3.05, 3.63) is 29.1 Å². The molecule has 0 saturated heterocycles. The molecule has 1 heterocycles. The summed E-state index contributed by atoms with van der Waals surface area (Å²) in [5.74, 6) is -2.28. The number of nitrogens with zero attached hydrogens (tertiary/aromatic N) is 1. The van der Waals surface area contributed by atoms with Crippen LogP contribution >= 0.6 is 0 Å². The van der Waals surface area contributed by atoms with Gasteiger partial charge in [0, 0.05) is 11.8 Å². The van der Waals surface area contributed by atoms with E-state index in [1.54, 1.807) is 0 Å². The summed E-state index contributed by atoms with van der Waals surface area (Å²) in [5.41, 5.74) is -1.35. The predicted octanol–water partition coefficient (Wildman–Crippen LogP) is 2.61. The standard InChI is InChI=1S/C7H5F4N/c1-3-5(8)4(6(9)10)2-12-7(3)11/h2,6H,1H3. The van der Waals surface area contributed by atoms with Crippen molar-refractivity contribution in [3.63, 3.8) is 0 Å². The zero-order valence-electron chi connectivity index (χ0n) is 6.11. The second kappa shape index (κ2) is 3.08. The Hall–Kier alpha value is -1.13. The van der Waals surface area contributed by atoms with Gasteiger partial charge in [0.2, 0.25) is 5.95 Å². The van der Waals surface area contributed by atoms with Gasteiger partial charge in [0.25, 0.3) is 6.43 Å². The number of alkyl halides is 2. The third kappa shape index (κ3) is 1.39. The van der Waals surface area contributed by atoms with E-state index in [4.69, 9.17) is 0 Å². The molecule has 0 N–H and O–H groups in total. The summed E-state index contributed by atoms with van der Waals surface area (Å²) in [7, 11) is 0. The summed E-state index contributed by atoms with van der Waals surface area (Å²) in [6.07, 6.45) is -2.46. The second-order valence-electron chi connectivity index (χ2n) is 2.24. The molecule has 0 saturated carbocycles. The molecule has 1 aromatic heterocycles. The van der Waals surface area contributed by atoms with Crippen molar-refractivity contribution < 1.29 is 17.6 Å². The average Bonchev–Trinajstić information content (AvgIpc) is 2.00. The lowest BCUT2D eigenvalue weighted by Crippen LogP contribution is -1.99. The largest absolute Gasteiger partial charge is 0.268 e. The van der Waals surface area contributed by atoms with Crippen molar-refractivity contribution in [2.24, 2.45) is 0 Å². The van der Waals surface area contributed by atoms with E-state index in [1.165, 1.54) is 0 Å². The van der Waals surface area contributed by atoms with Crippen LogP contribution in [0.4, 0.5) is 17.6 Å². The van der Waals surface area contributed by atoms with Crippen LogP contribution in [-0.2, 0) is 0 Å². The first-order valence-electron chi connectivity index (χ1n) is 3.12. The highest BCUT2D eigenvalue weighted by Crippen LogP contribution is 2.23. The molecule has 0 aliphatic heterocycles. The van der Waals surface area contributed by atoms with Crippen LogP contribution in [0, 0.1) is 18.7 Å². The van der Waals surface area contributed by atoms with E-state index in [-0.39, 0.29) is 0 Å². The highest BCUT2D eigenvalue weighted by molar-refractivity contribution is 5.21. The topological polar surface area (TPSA) is 12.9 Å². The Morgan fingerprint density at radius 1 is 1.33 bits per heavy atom. The average molecular weight is 179 g/mol. The fourth-order valence-corrected chi connectivity index (χ4v) is 0.739. The highest BCUT2D eigenvalue weighted by Gasteiger charge is 2.17. The summed E-state index contributed by atoms with van der Waals surface area (Å²) in [5, 5.41) is 0. The normalized spacial score (nSPS) is 10.8. The summed E-state index contributed by atoms with van der Waals surface area (Å²) in [6.45, 7) is 1.06. The number of halogens is 4. The van der Waals surface area contributed by atoms with Gasteiger partial charge >= 0.3 is 0 Å². The van der Waals surface area contributed by atoms with Crippen LogP contribution in [0.5, 0.6) is 0 Å². The van der Waals surface area contributed by atoms with Crippen molar-refractivity contribution in [1.82, 2.24) is 4.98 Å². The minimum atomic E-state index is -2.96. The maximum absolute atomic E-state index is 12.8. The Morgan fingerprint density at radius 3 is 2.42 bits per heavy atom. The Labute approximate surface area is 66.0 Å². The molecule has 0 aromatic carbocycles. The van der Waals surface area contributed by atoms with Gasteiger partial charge in [0.15, 0.2) is 0 Å². The first kappa shape index (κ1) is 8.96. The van der Waals surface area contributed by atoms with E-state index in [0.717, 1.165) is 6.92 Å². The van der Waals surface area contributed by atoms with Crippen LogP contribution in [0.3, 0.4) is 0 Å². The number of hydrogen-bond acceptors (Lipinski definition) is 1. The third-order valence-corrected chi connectivity index (χ3v) is 1.44. The monoisotopic (exact) mass is 179 g/mol. The zero-order chi connectivity index (χ0) is 9.30. The van der Waals surface area contributed by atoms with Gasteiger partial charge in [-0.05, 0) is 6.92 Å². The molecule has 0 aliphatic rings. The van der Waals surface area contributed by atoms with Crippen molar-refractivity contribution in [3.8, 4) is 0 Å². The van der Waals surface area contributed by atoms with Gasteiger partial charge in [-0.3, -0.25) is 0 Å². The van der Waals surface area contributed by atoms with Gasteiger partial charge in [0.1, 0.15) is 5.82 Å². The van der Waals surface area contributed by atoms with Crippen molar-refractivity contribution in [2.45, 2.75) is 13.3 Å². The Balaban J connectivity index is 3.27. The smallest absolute Gasteiger partial charge is 0.227 e. The van der Waals surface area contributed by atoms with E-state index in [9.17, 15) is 17.6 Å². The molecule has 0 spiro atoms. The second-order valence-corrected chi connectivity index (χ2v) is 2.24. The number of pyridine rings is 1. The van der Waals surface area contributed by atoms with Gasteiger partial charge < -0.3 is 0 Å². The van der Waals surface area contributed by atoms with Crippen LogP contribution < -0.4 is 0 Å². The number of hydrogen-bond donors (Lipinski definition) is 0. The lowest BCUT2D eigenvalue weighted by Gasteiger charge is -2.03. The fraction of sp³-hybridized carbons (Fsp3) is 0.286. The van der Waals surface area contributed by atoms with Crippen LogP contribution in [0.1, 0.15) is 17.6 Å². The number of rotatable bonds is 1. The molecule has 0 radical (unpaired) electrons. The van der Waals surface area contributed by atoms with Crippen LogP contribution in [0.25, 0.3) is 0 Å². The van der Waals surface area contributed by atoms with Crippen LogP contribution in [0.2, 0.25) is 0 Å². The van der Waals surface area contributed by atoms with Crippen LogP contribution in [0.15, 0.2) is 6.20 Å². The van der Waals surface area contributed by atoms with E-state index in [2.05, 4.69) is 4.98 Å². The molecule has 12 heavy (non-hydrogen) atoms. The molecular weight excluding hydrogens is 174 g/mol. The molecule has 0 fully saturated rings. The van der Waals surface area contributed by atoms with E-state index in [0.29, 0.717) is 6.20 Å². The molecule has 66 valence electrons. The fourth-order valence-electron chi connectivity index (χ4n) is 0.739. The molecule has 5 heteroatoms. The maximum atomic E-state index is 12.8. The molecule has 0 unspecified atom stereocenters. The quantitative estimate of drug-likeness (QED) is 0.477. The SMILES string of the molecule is Cc1c(F)ncc(C(F)F)c1F. The summed E-state index contributed by atoms with van der Waals surface area (Å²) < 4.78 is 49.1. The molecule has 1 aromatic rings. The third-order valence-electron chi connectivity index (χ3n) is 1.44. The lowest BCUT2D eigenvalue weighted by molar-refractivity contribution is 0.145. The maximum Gasteiger partial charge on any atom is 0.268 e. The molecule has 0 atom stereocenters. The van der Waals surface area contributed by atoms with Crippen LogP contribution in [-0.4, -0.2) is 4.98 Å². The van der Waals surface area contributed by atoms with Crippen molar-refractivity contribution in [1.29, 1.82) is 0 Å². The van der Waals surface area contributed by atoms with Gasteiger partial charge in [0.05, 0.1) is 5.56 Å². The predicted molar refractivity (Wildman–Crippen MR) is 33.8 cm³/mol. The summed E-state index contributed by atoms with van der Waals surface area (Å²) >= 11 is 0. The van der Waals surface area contributed by atoms with Gasteiger partial charge in [-0.1, -0.05) is 0 Å². The minimum Gasteiger partial charge on any atom is -0.227 e. The number of aromatic nitrogens is 1. The van der Waals surface area contributed by atoms with Gasteiger partial charge in [-0.2, -0.15) is 4.39 Å². The molecule has 1 rings (SSSR count). The molecule has 0 bridgehead atoms. The Kier molecular flexibility index (Phi) is 2.30. The Bertz CT molecular complexity index is 298. The Morgan fingerprint density at radius 2 is 1.92 bits per heavy atom. The molecule has 0 aliphatic carbocycles. The van der Waals surface area contributed by atoms with Gasteiger partial charge in [-0.15, -0.1) is 0 Å². The van der Waals surface area contributed by atoms with E-state index < -0.39 is 29.3 Å².